The van der Waals surface area contributed by atoms with E-state index < -0.39 is 0 Å². The molecule has 5 saturated heterocycles. The summed E-state index contributed by atoms with van der Waals surface area (Å²) in [5.41, 5.74) is 2.06. The summed E-state index contributed by atoms with van der Waals surface area (Å²) in [6.07, 6.45) is 16.3. The monoisotopic (exact) mass is 1460 g/mol. The van der Waals surface area contributed by atoms with Crippen LogP contribution in [-0.4, -0.2) is 184 Å². The van der Waals surface area contributed by atoms with Gasteiger partial charge in [-0.15, -0.1) is 0 Å². The lowest BCUT2D eigenvalue weighted by Crippen LogP contribution is -2.55. The molecule has 32 heteroatoms. The van der Waals surface area contributed by atoms with Crippen LogP contribution in [0.3, 0.4) is 0 Å². The molecule has 5 aromatic rings. The van der Waals surface area contributed by atoms with Gasteiger partial charge in [-0.05, 0) is 120 Å². The fourth-order valence-electron chi connectivity index (χ4n) is 12.1. The van der Waals surface area contributed by atoms with Crippen LogP contribution in [0.4, 0.5) is 23.5 Å². The molecule has 3 saturated carbocycles. The molecule has 0 radical (unpaired) electrons. The van der Waals surface area contributed by atoms with Crippen molar-refractivity contribution in [2.45, 2.75) is 157 Å². The van der Waals surface area contributed by atoms with Crippen LogP contribution in [0.5, 0.6) is 0 Å². The first-order chi connectivity index (χ1) is 46.2. The highest BCUT2D eigenvalue weighted by Gasteiger charge is 2.60. The van der Waals surface area contributed by atoms with E-state index in [1.165, 1.54) is 35.9 Å². The minimum atomic E-state index is -0.200. The zero-order valence-electron chi connectivity index (χ0n) is 58.0. The lowest BCUT2D eigenvalue weighted by atomic mass is 9.22. The van der Waals surface area contributed by atoms with Crippen LogP contribution < -0.4 is 15.1 Å². The van der Waals surface area contributed by atoms with E-state index in [0.29, 0.717) is 109 Å². The third-order valence-electron chi connectivity index (χ3n) is 19.6. The van der Waals surface area contributed by atoms with E-state index in [2.05, 4.69) is 139 Å². The van der Waals surface area contributed by atoms with Crippen molar-refractivity contribution in [3.63, 3.8) is 0 Å². The number of anilines is 2. The van der Waals surface area contributed by atoms with Gasteiger partial charge in [-0.25, -0.2) is 34.3 Å². The summed E-state index contributed by atoms with van der Waals surface area (Å²) in [4.78, 5) is 77.3. The Bertz CT molecular complexity index is 3870. The molecule has 1 N–H and O–H groups in total. The molecule has 0 aromatic carbocycles. The van der Waals surface area contributed by atoms with Crippen LogP contribution in [0.2, 0.25) is 28.2 Å². The number of hydrogen-bond acceptors (Lipinski definition) is 19. The summed E-state index contributed by atoms with van der Waals surface area (Å²) in [7, 11) is 3.47. The number of piperazine rings is 3. The van der Waals surface area contributed by atoms with Gasteiger partial charge in [-0.1, -0.05) is 92.6 Å². The third kappa shape index (κ3) is 18.9. The number of aromatic nitrogens is 10. The van der Waals surface area contributed by atoms with Gasteiger partial charge in [0.2, 0.25) is 34.9 Å². The Morgan fingerprint density at radius 1 is 0.612 bits per heavy atom. The van der Waals surface area contributed by atoms with Gasteiger partial charge >= 0.3 is 18.6 Å². The van der Waals surface area contributed by atoms with Crippen molar-refractivity contribution in [2.75, 3.05) is 68.7 Å². The first kappa shape index (κ1) is 76.2. The van der Waals surface area contributed by atoms with Crippen LogP contribution in [0.15, 0.2) is 35.5 Å². The van der Waals surface area contributed by atoms with Crippen molar-refractivity contribution in [1.29, 1.82) is 15.8 Å². The van der Waals surface area contributed by atoms with Gasteiger partial charge in [-0.2, -0.15) is 20.8 Å². The molecule has 8 aliphatic rings. The molecule has 13 rings (SSSR count). The van der Waals surface area contributed by atoms with E-state index >= 15 is 0 Å². The van der Waals surface area contributed by atoms with Crippen LogP contribution in [-0.2, 0) is 37.8 Å². The Morgan fingerprint density at radius 2 is 1.04 bits per heavy atom. The van der Waals surface area contributed by atoms with Gasteiger partial charge in [0.25, 0.3) is 0 Å². The molecule has 0 unspecified atom stereocenters. The van der Waals surface area contributed by atoms with Crippen molar-refractivity contribution in [2.24, 2.45) is 42.7 Å². The lowest BCUT2D eigenvalue weighted by molar-refractivity contribution is -0.136. The lowest BCUT2D eigenvalue weighted by Gasteiger charge is -2.40. The molecule has 3 amide bonds. The molecule has 98 heavy (non-hydrogen) atoms. The minimum Gasteiger partial charge on any atom is -0.410 e. The SMILES string of the molecule is CC1(C)CB(B2OC(C)(C)C(C)(C)O2)CC1(C)C.C[C@@H]1CN(c2ncc(C#N)c(Cl)n2)CCN1C(=O)C1CC1.C[C@@H]1CNCCN1C(=O)C1CC1.N#Cc1cnc(Cl)nc1Cl.[C-]#[N+]c1nn(C)cc1-c1nc(N2CCN(C(=O)C3CC3)[C@H](C)C2)ncc1C#N.[C-]#[N+]c1nn(C)cc1Br. The number of aryl methyl sites for hydroxylation is 2. The average Bonchev–Trinajstić information content (AvgIpc) is 1.62. The smallest absolute Gasteiger partial charge is 0.407 e. The van der Waals surface area contributed by atoms with Gasteiger partial charge in [0.05, 0.1) is 45.5 Å². The number of nitrogens with one attached hydrogen (secondary N) is 1. The highest BCUT2D eigenvalue weighted by molar-refractivity contribution is 9.10. The van der Waals surface area contributed by atoms with Crippen molar-refractivity contribution in [1.82, 2.24) is 69.5 Å². The number of carbonyl (C=O) groups is 3. The van der Waals surface area contributed by atoms with Gasteiger partial charge < -0.3 is 48.8 Å². The summed E-state index contributed by atoms with van der Waals surface area (Å²) in [5, 5.41) is 38.2. The fourth-order valence-corrected chi connectivity index (χ4v) is 13.0. The number of nitriles is 3. The van der Waals surface area contributed by atoms with Crippen molar-refractivity contribution >= 4 is 106 Å². The summed E-state index contributed by atoms with van der Waals surface area (Å²) in [6, 6.07) is 6.45. The van der Waals surface area contributed by atoms with E-state index in [4.69, 9.17) is 67.8 Å². The zero-order valence-corrected chi connectivity index (χ0v) is 61.9. The molecule has 26 nitrogen and oxygen atoms in total. The predicted molar refractivity (Wildman–Crippen MR) is 379 cm³/mol. The topological polar surface area (TPSA) is 291 Å². The molecule has 5 aliphatic heterocycles. The Hall–Kier alpha value is -7.52. The molecular formula is C66H85B2BrCl3N21O5. The molecule has 5 aromatic heterocycles. The number of halogens is 4. The van der Waals surface area contributed by atoms with E-state index in [-0.39, 0.29) is 86.5 Å². The van der Waals surface area contributed by atoms with Crippen LogP contribution >= 0.6 is 50.7 Å². The summed E-state index contributed by atoms with van der Waals surface area (Å²) < 4.78 is 16.3. The Balaban J connectivity index is 0.000000157. The summed E-state index contributed by atoms with van der Waals surface area (Å²) >= 11 is 20.0. The maximum Gasteiger partial charge on any atom is 0.407 e. The third-order valence-corrected chi connectivity index (χ3v) is 20.9. The fraction of sp³-hybridized carbons (Fsp3) is 0.606. The number of hydrogen-bond donors (Lipinski definition) is 1. The van der Waals surface area contributed by atoms with Gasteiger partial charge in [0.1, 0.15) is 29.3 Å². The van der Waals surface area contributed by atoms with E-state index in [1.54, 1.807) is 37.2 Å². The molecule has 10 heterocycles. The largest absolute Gasteiger partial charge is 0.410 e. The zero-order chi connectivity index (χ0) is 71.8. The van der Waals surface area contributed by atoms with Crippen molar-refractivity contribution in [3.8, 4) is 29.5 Å². The number of carbonyl (C=O) groups excluding carboxylic acids is 3. The van der Waals surface area contributed by atoms with Gasteiger partial charge in [-0.3, -0.25) is 14.4 Å². The van der Waals surface area contributed by atoms with Crippen LogP contribution in [0.1, 0.15) is 131 Å². The molecule has 3 aliphatic carbocycles. The van der Waals surface area contributed by atoms with Crippen molar-refractivity contribution in [3.05, 3.63) is 90.6 Å². The van der Waals surface area contributed by atoms with E-state index in [9.17, 15) is 19.6 Å². The summed E-state index contributed by atoms with van der Waals surface area (Å²) in [5.74, 6) is 3.41. The number of amides is 3. The van der Waals surface area contributed by atoms with Gasteiger partial charge in [0.15, 0.2) is 16.9 Å². The maximum absolute atomic E-state index is 12.4. The Labute approximate surface area is 599 Å². The average molecular weight is 1460 g/mol. The quantitative estimate of drug-likeness (QED) is 0.0685. The molecule has 0 spiro atoms. The number of nitrogens with zero attached hydrogens (tertiary/aromatic N) is 20. The van der Waals surface area contributed by atoms with E-state index in [0.717, 1.165) is 62.6 Å². The highest BCUT2D eigenvalue weighted by Crippen LogP contribution is 2.55. The molecular weight excluding hydrogens is 1370 g/mol. The van der Waals surface area contributed by atoms with Crippen LogP contribution in [0, 0.1) is 75.7 Å². The minimum absolute atomic E-state index is 0.0314. The van der Waals surface area contributed by atoms with Crippen LogP contribution in [0.25, 0.3) is 20.9 Å². The van der Waals surface area contributed by atoms with E-state index in [1.807, 2.05) is 44.4 Å². The second-order valence-electron chi connectivity index (χ2n) is 28.3. The van der Waals surface area contributed by atoms with Crippen molar-refractivity contribution < 1.29 is 23.7 Å². The first-order valence-electron chi connectivity index (χ1n) is 33.0. The standard InChI is InChI=1S/C19H20N8O.C14H28B2O2.C14H16ClN5O.C9H16N2O.C5H4BrN3.C5HCl2N3/c1-12-10-26(6-7-27(12)18(28)13-4-5-13)19-22-9-14(8-20)16(23-19)15-11-25(3)24-17(15)21-2;1-11(2)9-15(10-12(11,3)4)16-17-13(5,6)14(7,8)18-16;1-9-8-19(4-5-20(9)13(21)10-2-3-10)14-17-7-11(6-16)12(15)18-14;1-7-6-10-4-5-11(7)9(12)8-2-3-8;1-7-5-4(6)3-9(2)8-5;6-4-3(1-8)2-9-5(7)10-4/h9,11-13H,4-7,10H2,1,3H3;9-10H2,1-8H3;7,9-10H,2-5,8H2,1H3;7-8,10H,2-6H2,1H3;3H,2H3;2H/t12-;;9-;7-;;/m1.11../s1. The summed E-state index contributed by atoms with van der Waals surface area (Å²) in [6.45, 7) is 45.5. The second kappa shape index (κ2) is 32.2. The maximum atomic E-state index is 12.4. The molecule has 518 valence electrons. The normalized spacial score (nSPS) is 21.6. The molecule has 8 fully saturated rings. The second-order valence-corrected chi connectivity index (χ2v) is 30.3. The Kier molecular flexibility index (Phi) is 25.1. The molecule has 0 bridgehead atoms. The number of rotatable bonds is 7. The predicted octanol–water partition coefficient (Wildman–Crippen LogP) is 10.5. The first-order valence-corrected chi connectivity index (χ1v) is 34.9. The molecule has 3 atom stereocenters. The Morgan fingerprint density at radius 3 is 1.44 bits per heavy atom. The van der Waals surface area contributed by atoms with Gasteiger partial charge in [0, 0.05) is 127 Å². The highest BCUT2D eigenvalue weighted by atomic mass is 79.9.